The molecule has 3 aromatic rings. The molecule has 2 heterocycles. The Balaban J connectivity index is 1.46. The molecule has 1 amide bonds. The molecule has 0 radical (unpaired) electrons. The lowest BCUT2D eigenvalue weighted by Crippen LogP contribution is -2.44. The van der Waals surface area contributed by atoms with Crippen molar-refractivity contribution in [3.63, 3.8) is 0 Å². The van der Waals surface area contributed by atoms with E-state index >= 15 is 0 Å². The van der Waals surface area contributed by atoms with Crippen LogP contribution in [-0.4, -0.2) is 61.7 Å². The van der Waals surface area contributed by atoms with Crippen molar-refractivity contribution in [2.75, 3.05) is 32.5 Å². The van der Waals surface area contributed by atoms with Crippen molar-refractivity contribution >= 4 is 32.5 Å². The van der Waals surface area contributed by atoms with E-state index in [1.165, 1.54) is 16.4 Å². The monoisotopic (exact) mass is 438 g/mol. The Hall–Kier alpha value is -2.81. The third kappa shape index (κ3) is 4.61. The van der Waals surface area contributed by atoms with Crippen molar-refractivity contribution in [2.24, 2.45) is 0 Å². The Morgan fingerprint density at radius 1 is 1.03 bits per heavy atom. The molecule has 1 N–H and O–H groups in total. The van der Waals surface area contributed by atoms with Gasteiger partial charge in [0, 0.05) is 24.2 Å². The van der Waals surface area contributed by atoms with Crippen LogP contribution in [0.1, 0.15) is 23.3 Å². The Morgan fingerprint density at radius 2 is 1.71 bits per heavy atom. The third-order valence-electron chi connectivity index (χ3n) is 5.82. The number of para-hydroxylation sites is 1. The van der Waals surface area contributed by atoms with Crippen LogP contribution in [0.15, 0.2) is 65.6 Å². The van der Waals surface area contributed by atoms with Gasteiger partial charge in [-0.1, -0.05) is 24.3 Å². The summed E-state index contributed by atoms with van der Waals surface area (Å²) in [5, 5.41) is 3.74. The summed E-state index contributed by atoms with van der Waals surface area (Å²) < 4.78 is 27.5. The number of benzene rings is 2. The molecule has 0 saturated carbocycles. The SMILES string of the molecule is CN1CCC(N(C)S(=O)(=O)c2ccc(NC(=O)c3ccc4ccccc4n3)cc2)CC1. The lowest BCUT2D eigenvalue weighted by Gasteiger charge is -2.34. The summed E-state index contributed by atoms with van der Waals surface area (Å²) in [5.41, 5.74) is 1.56. The quantitative estimate of drug-likeness (QED) is 0.662. The third-order valence-corrected chi connectivity index (χ3v) is 7.75. The first-order valence-electron chi connectivity index (χ1n) is 10.3. The molecule has 4 rings (SSSR count). The number of rotatable bonds is 5. The zero-order chi connectivity index (χ0) is 22.0. The molecule has 7 nitrogen and oxygen atoms in total. The Bertz CT molecular complexity index is 1190. The van der Waals surface area contributed by atoms with Crippen molar-refractivity contribution in [2.45, 2.75) is 23.8 Å². The van der Waals surface area contributed by atoms with E-state index in [0.29, 0.717) is 11.4 Å². The van der Waals surface area contributed by atoms with Gasteiger partial charge in [0.1, 0.15) is 5.69 Å². The van der Waals surface area contributed by atoms with E-state index in [2.05, 4.69) is 15.2 Å². The number of hydrogen-bond donors (Lipinski definition) is 1. The fourth-order valence-electron chi connectivity index (χ4n) is 3.82. The number of anilines is 1. The van der Waals surface area contributed by atoms with Gasteiger partial charge in [-0.05, 0) is 69.4 Å². The highest BCUT2D eigenvalue weighted by molar-refractivity contribution is 7.89. The summed E-state index contributed by atoms with van der Waals surface area (Å²) in [6, 6.07) is 17.4. The molecule has 1 aromatic heterocycles. The van der Waals surface area contributed by atoms with Crippen LogP contribution in [0.4, 0.5) is 5.69 Å². The molecule has 0 aliphatic carbocycles. The maximum absolute atomic E-state index is 13.0. The average molecular weight is 439 g/mol. The Labute approximate surface area is 182 Å². The number of nitrogens with one attached hydrogen (secondary N) is 1. The van der Waals surface area contributed by atoms with Gasteiger partial charge in [-0.3, -0.25) is 4.79 Å². The highest BCUT2D eigenvalue weighted by Gasteiger charge is 2.30. The second-order valence-corrected chi connectivity index (χ2v) is 9.92. The van der Waals surface area contributed by atoms with Crippen molar-refractivity contribution in [3.8, 4) is 0 Å². The molecule has 0 atom stereocenters. The van der Waals surface area contributed by atoms with Crippen LogP contribution in [0.3, 0.4) is 0 Å². The molecule has 0 spiro atoms. The van der Waals surface area contributed by atoms with Crippen LogP contribution in [0.2, 0.25) is 0 Å². The van der Waals surface area contributed by atoms with E-state index in [-0.39, 0.29) is 16.8 Å². The topological polar surface area (TPSA) is 82.6 Å². The first-order chi connectivity index (χ1) is 14.8. The van der Waals surface area contributed by atoms with E-state index in [1.807, 2.05) is 37.4 Å². The van der Waals surface area contributed by atoms with E-state index in [9.17, 15) is 13.2 Å². The van der Waals surface area contributed by atoms with Gasteiger partial charge in [-0.25, -0.2) is 13.4 Å². The van der Waals surface area contributed by atoms with Crippen molar-refractivity contribution in [1.82, 2.24) is 14.2 Å². The minimum Gasteiger partial charge on any atom is -0.321 e. The molecule has 1 aliphatic heterocycles. The number of piperidine rings is 1. The number of carbonyl (C=O) groups excluding carboxylic acids is 1. The number of hydrogen-bond acceptors (Lipinski definition) is 5. The molecule has 31 heavy (non-hydrogen) atoms. The lowest BCUT2D eigenvalue weighted by molar-refractivity contribution is 0.102. The Kier molecular flexibility index (Phi) is 6.04. The fourth-order valence-corrected chi connectivity index (χ4v) is 5.23. The van der Waals surface area contributed by atoms with Crippen LogP contribution >= 0.6 is 0 Å². The lowest BCUT2D eigenvalue weighted by atomic mass is 10.1. The number of amides is 1. The summed E-state index contributed by atoms with van der Waals surface area (Å²) in [4.78, 5) is 19.4. The summed E-state index contributed by atoms with van der Waals surface area (Å²) >= 11 is 0. The minimum atomic E-state index is -3.59. The van der Waals surface area contributed by atoms with Crippen molar-refractivity contribution in [3.05, 3.63) is 66.4 Å². The summed E-state index contributed by atoms with van der Waals surface area (Å²) in [7, 11) is 0.104. The number of fused-ring (bicyclic) bond motifs is 1. The number of nitrogens with zero attached hydrogens (tertiary/aromatic N) is 3. The predicted molar refractivity (Wildman–Crippen MR) is 122 cm³/mol. The Morgan fingerprint density at radius 3 is 2.42 bits per heavy atom. The molecule has 8 heteroatoms. The van der Waals surface area contributed by atoms with Crippen LogP contribution in [0.25, 0.3) is 10.9 Å². The summed E-state index contributed by atoms with van der Waals surface area (Å²) in [6.07, 6.45) is 1.64. The molecule has 162 valence electrons. The van der Waals surface area contributed by atoms with Crippen LogP contribution in [0.5, 0.6) is 0 Å². The molecule has 0 unspecified atom stereocenters. The first kappa shape index (κ1) is 21.4. The molecular formula is C23H26N4O3S. The fraction of sp³-hybridized carbons (Fsp3) is 0.304. The van der Waals surface area contributed by atoms with E-state index < -0.39 is 10.0 Å². The van der Waals surface area contributed by atoms with Crippen LogP contribution < -0.4 is 5.32 Å². The van der Waals surface area contributed by atoms with Gasteiger partial charge in [0.2, 0.25) is 10.0 Å². The van der Waals surface area contributed by atoms with Crippen LogP contribution in [0, 0.1) is 0 Å². The molecule has 1 fully saturated rings. The van der Waals surface area contributed by atoms with Gasteiger partial charge >= 0.3 is 0 Å². The normalized spacial score (nSPS) is 16.0. The van der Waals surface area contributed by atoms with Gasteiger partial charge in [0.15, 0.2) is 0 Å². The molecule has 1 aliphatic rings. The molecule has 1 saturated heterocycles. The molecule has 0 bridgehead atoms. The maximum Gasteiger partial charge on any atom is 0.274 e. The highest BCUT2D eigenvalue weighted by atomic mass is 32.2. The average Bonchev–Trinajstić information content (AvgIpc) is 2.79. The minimum absolute atomic E-state index is 0.000410. The molecule has 2 aromatic carbocycles. The van der Waals surface area contributed by atoms with Gasteiger partial charge in [-0.2, -0.15) is 4.31 Å². The summed E-state index contributed by atoms with van der Waals surface area (Å²) in [6.45, 7) is 1.77. The molecular weight excluding hydrogens is 412 g/mol. The number of carbonyl (C=O) groups is 1. The highest BCUT2D eigenvalue weighted by Crippen LogP contribution is 2.23. The van der Waals surface area contributed by atoms with Gasteiger partial charge in [0.05, 0.1) is 10.4 Å². The van der Waals surface area contributed by atoms with E-state index in [1.54, 1.807) is 25.2 Å². The van der Waals surface area contributed by atoms with Gasteiger partial charge in [0.25, 0.3) is 5.91 Å². The largest absolute Gasteiger partial charge is 0.321 e. The van der Waals surface area contributed by atoms with Crippen LogP contribution in [-0.2, 0) is 10.0 Å². The smallest absolute Gasteiger partial charge is 0.274 e. The standard InChI is InChI=1S/C23H26N4O3S/c1-26-15-13-19(14-16-26)27(2)31(29,30)20-10-8-18(9-11-20)24-23(28)22-12-7-17-5-3-4-6-21(17)25-22/h3-12,19H,13-16H2,1-2H3,(H,24,28). The summed E-state index contributed by atoms with van der Waals surface area (Å²) in [5.74, 6) is -0.343. The van der Waals surface area contributed by atoms with Crippen molar-refractivity contribution < 1.29 is 13.2 Å². The van der Waals surface area contributed by atoms with E-state index in [4.69, 9.17) is 0 Å². The second-order valence-electron chi connectivity index (χ2n) is 7.92. The maximum atomic E-state index is 13.0. The first-order valence-corrected chi connectivity index (χ1v) is 11.7. The number of pyridine rings is 1. The zero-order valence-corrected chi connectivity index (χ0v) is 18.5. The number of likely N-dealkylation sites (tertiary alicyclic amines) is 1. The number of sulfonamides is 1. The van der Waals surface area contributed by atoms with Gasteiger partial charge < -0.3 is 10.2 Å². The number of aromatic nitrogens is 1. The van der Waals surface area contributed by atoms with E-state index in [0.717, 1.165) is 36.8 Å². The van der Waals surface area contributed by atoms with Gasteiger partial charge in [-0.15, -0.1) is 0 Å². The second kappa shape index (κ2) is 8.74. The van der Waals surface area contributed by atoms with Crippen molar-refractivity contribution in [1.29, 1.82) is 0 Å². The zero-order valence-electron chi connectivity index (χ0n) is 17.7. The predicted octanol–water partition coefficient (Wildman–Crippen LogP) is 3.20.